The molecule has 9 aromatic carbocycles. The van der Waals surface area contributed by atoms with E-state index in [-0.39, 0.29) is 0 Å². The van der Waals surface area contributed by atoms with E-state index < -0.39 is 0 Å². The molecule has 10 nitrogen and oxygen atoms in total. The lowest BCUT2D eigenvalue weighted by Crippen LogP contribution is -1.99. The lowest BCUT2D eigenvalue weighted by molar-refractivity contribution is 1.07. The zero-order valence-corrected chi connectivity index (χ0v) is 56.5. The normalized spacial score (nSPS) is 10.6. The van der Waals surface area contributed by atoms with Crippen LogP contribution >= 0.6 is 63.7 Å². The van der Waals surface area contributed by atoms with Crippen LogP contribution in [0.3, 0.4) is 0 Å². The predicted molar refractivity (Wildman–Crippen MR) is 394 cm³/mol. The molecule has 0 atom stereocenters. The van der Waals surface area contributed by atoms with Crippen LogP contribution in [-0.2, 0) is 0 Å². The fourth-order valence-electron chi connectivity index (χ4n) is 9.70. The molecule has 0 aliphatic carbocycles. The zero-order chi connectivity index (χ0) is 64.3. The molecule has 6 aromatic heterocycles. The summed E-state index contributed by atoms with van der Waals surface area (Å²) < 4.78 is 4.08. The highest BCUT2D eigenvalue weighted by Crippen LogP contribution is 2.32. The van der Waals surface area contributed by atoms with Crippen molar-refractivity contribution in [2.24, 2.45) is 0 Å². The van der Waals surface area contributed by atoms with E-state index in [2.05, 4.69) is 132 Å². The van der Waals surface area contributed by atoms with Gasteiger partial charge in [-0.05, 0) is 84.9 Å². The predicted octanol–water partition coefficient (Wildman–Crippen LogP) is 22.1. The van der Waals surface area contributed by atoms with Gasteiger partial charge in [0.2, 0.25) is 0 Å². The molecule has 0 unspecified atom stereocenters. The maximum absolute atomic E-state index is 4.80. The Hall–Kier alpha value is -10.5. The third-order valence-electron chi connectivity index (χ3n) is 14.4. The highest BCUT2D eigenvalue weighted by molar-refractivity contribution is 9.11. The van der Waals surface area contributed by atoms with Crippen LogP contribution in [-0.4, -0.2) is 49.8 Å². The van der Waals surface area contributed by atoms with Crippen molar-refractivity contribution in [2.75, 3.05) is 0 Å². The molecule has 6 heterocycles. The Labute approximate surface area is 579 Å². The van der Waals surface area contributed by atoms with Gasteiger partial charge in [-0.2, -0.15) is 0 Å². The Kier molecular flexibility index (Phi) is 21.5. The van der Waals surface area contributed by atoms with Gasteiger partial charge in [-0.1, -0.05) is 294 Å². The van der Waals surface area contributed by atoms with Gasteiger partial charge in [-0.25, -0.2) is 39.9 Å². The van der Waals surface area contributed by atoms with Crippen LogP contribution < -0.4 is 0 Å². The number of aromatic nitrogens is 10. The van der Waals surface area contributed by atoms with Gasteiger partial charge in [0.1, 0.15) is 0 Å². The van der Waals surface area contributed by atoms with Crippen molar-refractivity contribution in [3.8, 4) is 125 Å². The Morgan fingerprint density at radius 3 is 0.670 bits per heavy atom. The largest absolute Gasteiger partial charge is 0.255 e. The summed E-state index contributed by atoms with van der Waals surface area (Å²) in [5.74, 6) is 3.48. The van der Waals surface area contributed by atoms with Gasteiger partial charge in [0.05, 0.1) is 45.6 Å². The third-order valence-corrected chi connectivity index (χ3v) is 16.4. The average molecular weight is 1470 g/mol. The lowest BCUT2D eigenvalue weighted by Gasteiger charge is -2.09. The highest BCUT2D eigenvalue weighted by atomic mass is 79.9. The second-order valence-electron chi connectivity index (χ2n) is 20.9. The second kappa shape index (κ2) is 31.7. The minimum Gasteiger partial charge on any atom is -0.255 e. The summed E-state index contributed by atoms with van der Waals surface area (Å²) in [5.41, 5.74) is 16.3. The maximum Gasteiger partial charge on any atom is 0.164 e. The molecule has 0 aliphatic heterocycles. The van der Waals surface area contributed by atoms with Crippen LogP contribution in [0.25, 0.3) is 125 Å². The fraction of sp³-hybridized carbons (Fsp3) is 0. The van der Waals surface area contributed by atoms with Crippen molar-refractivity contribution in [3.05, 3.63) is 346 Å². The van der Waals surface area contributed by atoms with Gasteiger partial charge in [0, 0.05) is 80.4 Å². The minimum absolute atomic E-state index is 0.667. The molecule has 15 aromatic rings. The first-order chi connectivity index (χ1) is 46.2. The van der Waals surface area contributed by atoms with Gasteiger partial charge >= 0.3 is 0 Å². The van der Waals surface area contributed by atoms with Gasteiger partial charge < -0.3 is 0 Å². The highest BCUT2D eigenvalue weighted by Gasteiger charge is 2.15. The van der Waals surface area contributed by atoms with E-state index in [0.717, 1.165) is 125 Å². The maximum atomic E-state index is 4.80. The van der Waals surface area contributed by atoms with E-state index in [0.29, 0.717) is 17.5 Å². The molecule has 0 spiro atoms. The van der Waals surface area contributed by atoms with Crippen LogP contribution in [0.1, 0.15) is 0 Å². The first-order valence-electron chi connectivity index (χ1n) is 29.9. The number of hydrogen-bond donors (Lipinski definition) is 0. The Morgan fingerprint density at radius 2 is 0.394 bits per heavy atom. The van der Waals surface area contributed by atoms with Gasteiger partial charge in [-0.3, -0.25) is 9.97 Å². The summed E-state index contributed by atoms with van der Waals surface area (Å²) in [6.07, 6.45) is 3.52. The lowest BCUT2D eigenvalue weighted by atomic mass is 10.1. The summed E-state index contributed by atoms with van der Waals surface area (Å²) in [6, 6.07) is 104. The van der Waals surface area contributed by atoms with Crippen LogP contribution in [0.5, 0.6) is 0 Å². The van der Waals surface area contributed by atoms with Crippen molar-refractivity contribution in [2.45, 2.75) is 0 Å². The number of rotatable bonds is 11. The topological polar surface area (TPSA) is 129 Å². The van der Waals surface area contributed by atoms with Crippen LogP contribution in [0.4, 0.5) is 0 Å². The first-order valence-corrected chi connectivity index (χ1v) is 33.0. The second-order valence-corrected chi connectivity index (χ2v) is 24.6. The van der Waals surface area contributed by atoms with Gasteiger partial charge in [0.25, 0.3) is 0 Å². The summed E-state index contributed by atoms with van der Waals surface area (Å²) in [6.45, 7) is 0. The molecule has 0 amide bonds. The first kappa shape index (κ1) is 63.7. The molecule has 0 radical (unpaired) electrons. The molecule has 0 fully saturated rings. The quantitative estimate of drug-likeness (QED) is 0.123. The van der Waals surface area contributed by atoms with Gasteiger partial charge in [-0.15, -0.1) is 0 Å². The van der Waals surface area contributed by atoms with Crippen molar-refractivity contribution >= 4 is 63.7 Å². The molecule has 0 saturated heterocycles. The Bertz CT molecular complexity index is 4250. The molecule has 0 N–H and O–H groups in total. The smallest absolute Gasteiger partial charge is 0.164 e. The number of pyridine rings is 3. The number of nitrogens with zero attached hydrogens (tertiary/aromatic N) is 10. The minimum atomic E-state index is 0.667. The molecule has 0 saturated carbocycles. The van der Waals surface area contributed by atoms with E-state index in [1.807, 2.05) is 267 Å². The summed E-state index contributed by atoms with van der Waals surface area (Å²) in [4.78, 5) is 46.5. The van der Waals surface area contributed by atoms with Gasteiger partial charge in [0.15, 0.2) is 29.1 Å². The van der Waals surface area contributed by atoms with E-state index in [1.165, 1.54) is 0 Å². The summed E-state index contributed by atoms with van der Waals surface area (Å²) in [7, 11) is 0. The molecule has 452 valence electrons. The van der Waals surface area contributed by atoms with Crippen molar-refractivity contribution < 1.29 is 0 Å². The number of hydrogen-bond acceptors (Lipinski definition) is 10. The fourth-order valence-corrected chi connectivity index (χ4v) is 10.9. The molecular weight excluding hydrogens is 1420 g/mol. The monoisotopic (exact) mass is 1470 g/mol. The Morgan fingerprint density at radius 1 is 0.160 bits per heavy atom. The van der Waals surface area contributed by atoms with Crippen LogP contribution in [0.2, 0.25) is 0 Å². The SMILES string of the molecule is Brc1cc(-c2ccccn2)nc(-c2ccccn2)c1.Brc1ccc(-c2cc(-c3ccccc3)nc(-c3ccccc3)n2)cc1.Brc1ccc(-c2nc(-c3ccccc3)cc(-c3ccccc3)n2)cc1.Brc1ccc(-c2nc(-c3ccccc3)nc(-c3ccccc3)n2)cc1. The standard InChI is InChI=1S/2C22H15BrN2.C21H14BrN3.C15H10BrN3/c23-19-13-11-17(12-14-19)21-15-20(16-7-3-1-4-8-16)24-22(25-21)18-9-5-2-6-10-18;23-19-13-11-18(12-14-19)22-24-20(16-7-3-1-4-8-16)15-21(25-22)17-9-5-2-6-10-17;22-18-13-11-17(12-14-18)21-24-19(15-7-3-1-4-8-15)23-20(25-21)16-9-5-2-6-10-16;16-11-9-14(12-5-1-3-7-17-12)19-15(10-11)13-6-2-4-8-18-13/h2*1-15H;1-14H;1-10H. The molecule has 15 rings (SSSR count). The molecule has 14 heteroatoms. The van der Waals surface area contributed by atoms with Crippen LogP contribution in [0.15, 0.2) is 346 Å². The van der Waals surface area contributed by atoms with Crippen molar-refractivity contribution in [3.63, 3.8) is 0 Å². The van der Waals surface area contributed by atoms with E-state index in [9.17, 15) is 0 Å². The third kappa shape index (κ3) is 17.2. The van der Waals surface area contributed by atoms with E-state index in [4.69, 9.17) is 29.9 Å². The number of halogens is 4. The van der Waals surface area contributed by atoms with E-state index in [1.54, 1.807) is 12.4 Å². The summed E-state index contributed by atoms with van der Waals surface area (Å²) >= 11 is 13.9. The average Bonchev–Trinajstić information content (AvgIpc) is 0.893. The van der Waals surface area contributed by atoms with E-state index >= 15 is 0 Å². The zero-order valence-electron chi connectivity index (χ0n) is 50.2. The summed E-state index contributed by atoms with van der Waals surface area (Å²) in [5, 5.41) is 0. The van der Waals surface area contributed by atoms with Crippen molar-refractivity contribution in [1.82, 2.24) is 49.8 Å². The molecule has 94 heavy (non-hydrogen) atoms. The molecule has 0 bridgehead atoms. The number of benzene rings is 9. The van der Waals surface area contributed by atoms with Crippen LogP contribution in [0, 0.1) is 0 Å². The molecular formula is C80H54Br4N10. The van der Waals surface area contributed by atoms with Crippen molar-refractivity contribution in [1.29, 1.82) is 0 Å². The molecule has 0 aliphatic rings. The Balaban J connectivity index is 0.000000121.